The molecule has 0 aliphatic heterocycles. The van der Waals surface area contributed by atoms with Crippen molar-refractivity contribution in [1.82, 2.24) is 20.1 Å². The molecule has 112 valence electrons. The SMILES string of the molecule is Cc1cc(Cl)ccc1Nc1cnnc(NCCN(C)C)n1. The van der Waals surface area contributed by atoms with Crippen LogP contribution in [-0.2, 0) is 0 Å². The van der Waals surface area contributed by atoms with E-state index >= 15 is 0 Å². The van der Waals surface area contributed by atoms with Crippen LogP contribution in [0.15, 0.2) is 24.4 Å². The van der Waals surface area contributed by atoms with Gasteiger partial charge in [-0.2, -0.15) is 10.1 Å². The number of nitrogens with zero attached hydrogens (tertiary/aromatic N) is 4. The van der Waals surface area contributed by atoms with Crippen molar-refractivity contribution >= 4 is 29.1 Å². The average Bonchev–Trinajstić information content (AvgIpc) is 2.42. The molecule has 0 unspecified atom stereocenters. The topological polar surface area (TPSA) is 66.0 Å². The lowest BCUT2D eigenvalue weighted by Crippen LogP contribution is -2.21. The van der Waals surface area contributed by atoms with Crippen molar-refractivity contribution in [3.63, 3.8) is 0 Å². The molecule has 0 bridgehead atoms. The molecule has 7 heteroatoms. The van der Waals surface area contributed by atoms with Crippen LogP contribution in [-0.4, -0.2) is 47.3 Å². The molecule has 0 fully saturated rings. The number of nitrogens with one attached hydrogen (secondary N) is 2. The van der Waals surface area contributed by atoms with E-state index in [4.69, 9.17) is 11.6 Å². The lowest BCUT2D eigenvalue weighted by molar-refractivity contribution is 0.425. The van der Waals surface area contributed by atoms with Crippen molar-refractivity contribution in [3.05, 3.63) is 35.0 Å². The first-order valence-corrected chi connectivity index (χ1v) is 7.04. The molecule has 0 saturated heterocycles. The van der Waals surface area contributed by atoms with Crippen molar-refractivity contribution < 1.29 is 0 Å². The van der Waals surface area contributed by atoms with Crippen LogP contribution >= 0.6 is 11.6 Å². The predicted molar refractivity (Wildman–Crippen MR) is 86.3 cm³/mol. The van der Waals surface area contributed by atoms with Crippen LogP contribution < -0.4 is 10.6 Å². The van der Waals surface area contributed by atoms with Crippen molar-refractivity contribution in [2.24, 2.45) is 0 Å². The molecule has 0 atom stereocenters. The highest BCUT2D eigenvalue weighted by Crippen LogP contribution is 2.22. The van der Waals surface area contributed by atoms with Gasteiger partial charge in [-0.25, -0.2) is 0 Å². The van der Waals surface area contributed by atoms with Crippen molar-refractivity contribution in [2.45, 2.75) is 6.92 Å². The first-order chi connectivity index (χ1) is 10.0. The molecule has 21 heavy (non-hydrogen) atoms. The summed E-state index contributed by atoms with van der Waals surface area (Å²) in [5, 5.41) is 15.0. The summed E-state index contributed by atoms with van der Waals surface area (Å²) in [6, 6.07) is 5.65. The minimum absolute atomic E-state index is 0.508. The lowest BCUT2D eigenvalue weighted by Gasteiger charge is -2.11. The normalized spacial score (nSPS) is 10.7. The number of hydrogen-bond acceptors (Lipinski definition) is 6. The third kappa shape index (κ3) is 4.84. The lowest BCUT2D eigenvalue weighted by atomic mass is 10.2. The van der Waals surface area contributed by atoms with Gasteiger partial charge in [0.15, 0.2) is 5.82 Å². The highest BCUT2D eigenvalue weighted by Gasteiger charge is 2.03. The number of aromatic nitrogens is 3. The Hall–Kier alpha value is -1.92. The minimum atomic E-state index is 0.508. The Morgan fingerprint density at radius 2 is 2.10 bits per heavy atom. The maximum atomic E-state index is 5.95. The number of halogens is 1. The highest BCUT2D eigenvalue weighted by molar-refractivity contribution is 6.30. The molecule has 1 heterocycles. The van der Waals surface area contributed by atoms with Crippen LogP contribution in [0, 0.1) is 6.92 Å². The average molecular weight is 307 g/mol. The molecule has 0 aliphatic rings. The Morgan fingerprint density at radius 3 is 2.81 bits per heavy atom. The van der Waals surface area contributed by atoms with E-state index in [2.05, 4.69) is 30.7 Å². The predicted octanol–water partition coefficient (Wildman–Crippen LogP) is 2.55. The van der Waals surface area contributed by atoms with Gasteiger partial charge in [0.05, 0.1) is 6.20 Å². The standard InChI is InChI=1S/C14H19ClN6/c1-10-8-11(15)4-5-12(10)18-13-9-17-20-14(19-13)16-6-7-21(2)3/h4-5,8-9H,6-7H2,1-3H3,(H2,16,18,19,20). The Balaban J connectivity index is 2.03. The fraction of sp³-hybridized carbons (Fsp3) is 0.357. The largest absolute Gasteiger partial charge is 0.352 e. The molecule has 2 rings (SSSR count). The maximum absolute atomic E-state index is 5.95. The third-order valence-corrected chi connectivity index (χ3v) is 3.09. The molecular formula is C14H19ClN6. The summed E-state index contributed by atoms with van der Waals surface area (Å²) in [6.07, 6.45) is 1.59. The zero-order chi connectivity index (χ0) is 15.2. The molecule has 2 aromatic rings. The summed E-state index contributed by atoms with van der Waals surface area (Å²) in [5.41, 5.74) is 1.99. The van der Waals surface area contributed by atoms with E-state index in [1.807, 2.05) is 39.2 Å². The van der Waals surface area contributed by atoms with Crippen LogP contribution in [0.25, 0.3) is 0 Å². The number of benzene rings is 1. The first kappa shape index (κ1) is 15.5. The van der Waals surface area contributed by atoms with Gasteiger partial charge in [-0.3, -0.25) is 0 Å². The summed E-state index contributed by atoms with van der Waals surface area (Å²) >= 11 is 5.95. The van der Waals surface area contributed by atoms with Crippen LogP contribution in [0.4, 0.5) is 17.5 Å². The zero-order valence-corrected chi connectivity index (χ0v) is 13.1. The van der Waals surface area contributed by atoms with Gasteiger partial charge in [0, 0.05) is 23.8 Å². The van der Waals surface area contributed by atoms with Crippen LogP contribution in [0.3, 0.4) is 0 Å². The number of anilines is 3. The molecule has 1 aromatic heterocycles. The Bertz CT molecular complexity index is 602. The fourth-order valence-corrected chi connectivity index (χ4v) is 1.96. The summed E-state index contributed by atoms with van der Waals surface area (Å²) in [7, 11) is 4.03. The van der Waals surface area contributed by atoms with Crippen LogP contribution in [0.1, 0.15) is 5.56 Å². The zero-order valence-electron chi connectivity index (χ0n) is 12.4. The Morgan fingerprint density at radius 1 is 1.29 bits per heavy atom. The number of aryl methyl sites for hydroxylation is 1. The Labute approximate surface area is 129 Å². The van der Waals surface area contributed by atoms with Crippen molar-refractivity contribution in [2.75, 3.05) is 37.8 Å². The fourth-order valence-electron chi connectivity index (χ4n) is 1.74. The second kappa shape index (κ2) is 7.19. The summed E-state index contributed by atoms with van der Waals surface area (Å²) in [4.78, 5) is 6.46. The molecule has 2 N–H and O–H groups in total. The molecule has 6 nitrogen and oxygen atoms in total. The summed E-state index contributed by atoms with van der Waals surface area (Å²) in [6.45, 7) is 3.65. The number of rotatable bonds is 6. The third-order valence-electron chi connectivity index (χ3n) is 2.85. The van der Waals surface area contributed by atoms with Gasteiger partial charge in [0.2, 0.25) is 5.95 Å². The molecular weight excluding hydrogens is 288 g/mol. The van der Waals surface area contributed by atoms with E-state index < -0.39 is 0 Å². The van der Waals surface area contributed by atoms with Gasteiger partial charge >= 0.3 is 0 Å². The summed E-state index contributed by atoms with van der Waals surface area (Å²) < 4.78 is 0. The van der Waals surface area contributed by atoms with Gasteiger partial charge in [0.1, 0.15) is 0 Å². The van der Waals surface area contributed by atoms with Crippen LogP contribution in [0.5, 0.6) is 0 Å². The molecule has 0 spiro atoms. The van der Waals surface area contributed by atoms with Crippen molar-refractivity contribution in [1.29, 1.82) is 0 Å². The van der Waals surface area contributed by atoms with Gasteiger partial charge < -0.3 is 15.5 Å². The molecule has 1 aromatic carbocycles. The highest BCUT2D eigenvalue weighted by atomic mass is 35.5. The van der Waals surface area contributed by atoms with E-state index in [0.29, 0.717) is 16.8 Å². The molecule has 0 amide bonds. The molecule has 0 aliphatic carbocycles. The van der Waals surface area contributed by atoms with E-state index in [1.165, 1.54) is 0 Å². The first-order valence-electron chi connectivity index (χ1n) is 6.66. The van der Waals surface area contributed by atoms with Gasteiger partial charge in [-0.05, 0) is 44.8 Å². The Kier molecular flexibility index (Phi) is 5.30. The van der Waals surface area contributed by atoms with Gasteiger partial charge in [-0.1, -0.05) is 11.6 Å². The van der Waals surface area contributed by atoms with E-state index in [0.717, 1.165) is 24.3 Å². The second-order valence-corrected chi connectivity index (χ2v) is 5.42. The maximum Gasteiger partial charge on any atom is 0.244 e. The smallest absolute Gasteiger partial charge is 0.244 e. The number of likely N-dealkylation sites (N-methyl/N-ethyl adjacent to an activating group) is 1. The molecule has 0 radical (unpaired) electrons. The van der Waals surface area contributed by atoms with E-state index in [9.17, 15) is 0 Å². The van der Waals surface area contributed by atoms with Gasteiger partial charge in [0.25, 0.3) is 0 Å². The number of hydrogen-bond donors (Lipinski definition) is 2. The van der Waals surface area contributed by atoms with E-state index in [1.54, 1.807) is 6.20 Å². The van der Waals surface area contributed by atoms with E-state index in [-0.39, 0.29) is 0 Å². The van der Waals surface area contributed by atoms with Crippen molar-refractivity contribution in [3.8, 4) is 0 Å². The van der Waals surface area contributed by atoms with Crippen LogP contribution in [0.2, 0.25) is 5.02 Å². The quantitative estimate of drug-likeness (QED) is 0.855. The summed E-state index contributed by atoms with van der Waals surface area (Å²) in [5.74, 6) is 1.15. The molecule has 0 saturated carbocycles. The van der Waals surface area contributed by atoms with Gasteiger partial charge in [-0.15, -0.1) is 5.10 Å². The second-order valence-electron chi connectivity index (χ2n) is 4.98. The minimum Gasteiger partial charge on any atom is -0.352 e. The monoisotopic (exact) mass is 306 g/mol.